The summed E-state index contributed by atoms with van der Waals surface area (Å²) in [5, 5.41) is 13.6. The molecule has 2 saturated heterocycles. The van der Waals surface area contributed by atoms with Crippen LogP contribution in [0.1, 0.15) is 18.4 Å². The fraction of sp³-hybridized carbons (Fsp3) is 0.579. The van der Waals surface area contributed by atoms with E-state index in [0.29, 0.717) is 25.2 Å². The summed E-state index contributed by atoms with van der Waals surface area (Å²) < 4.78 is 5.15. The molecule has 0 aliphatic carbocycles. The van der Waals surface area contributed by atoms with Crippen LogP contribution in [0.25, 0.3) is 0 Å². The number of likely N-dealkylation sites (N-methyl/N-ethyl adjacent to an activating group) is 1. The van der Waals surface area contributed by atoms with Crippen molar-refractivity contribution in [1.29, 1.82) is 0 Å². The van der Waals surface area contributed by atoms with Gasteiger partial charge in [-0.15, -0.1) is 0 Å². The minimum atomic E-state index is -0.540. The van der Waals surface area contributed by atoms with Gasteiger partial charge in [-0.1, -0.05) is 0 Å². The Kier molecular flexibility index (Phi) is 6.96. The fourth-order valence-electron chi connectivity index (χ4n) is 3.81. The molecular weight excluding hydrogens is 396 g/mol. The van der Waals surface area contributed by atoms with Gasteiger partial charge >= 0.3 is 6.09 Å². The Morgan fingerprint density at radius 3 is 2.66 bits per heavy atom. The quantitative estimate of drug-likeness (QED) is 0.411. The first-order chi connectivity index (χ1) is 13.8. The van der Waals surface area contributed by atoms with Crippen molar-refractivity contribution in [3.63, 3.8) is 0 Å². The van der Waals surface area contributed by atoms with E-state index in [9.17, 15) is 19.7 Å². The number of benzene rings is 1. The number of hydrogen-bond acceptors (Lipinski definition) is 7. The van der Waals surface area contributed by atoms with Crippen LogP contribution in [0.4, 0.5) is 10.5 Å². The zero-order valence-corrected chi connectivity index (χ0v) is 17.2. The number of non-ortho nitro benzene ring substituents is 1. The highest BCUT2D eigenvalue weighted by atomic mass is 32.1. The number of nitro benzene ring substituents is 1. The number of rotatable bonds is 6. The third kappa shape index (κ3) is 5.60. The third-order valence-corrected chi connectivity index (χ3v) is 5.83. The largest absolute Gasteiger partial charge is 0.445 e. The molecule has 2 fully saturated rings. The maximum absolute atomic E-state index is 12.7. The van der Waals surface area contributed by atoms with E-state index in [1.165, 1.54) is 12.1 Å². The smallest absolute Gasteiger partial charge is 0.407 e. The SMILES string of the molecule is CN1C[C@@H](S)C[C@H]1C(=O)N1CC[C@H](CNC(=O)OCc2ccc([N+](=O)[O-])cc2)C1. The second kappa shape index (κ2) is 9.45. The van der Waals surface area contributed by atoms with Gasteiger partial charge in [-0.25, -0.2) is 4.79 Å². The average molecular weight is 423 g/mol. The molecule has 1 N–H and O–H groups in total. The van der Waals surface area contributed by atoms with Gasteiger partial charge in [-0.05, 0) is 43.5 Å². The number of nitrogens with zero attached hydrogens (tertiary/aromatic N) is 3. The molecule has 10 heteroatoms. The van der Waals surface area contributed by atoms with E-state index in [1.807, 2.05) is 11.9 Å². The number of ether oxygens (including phenoxy) is 1. The molecule has 1 aromatic carbocycles. The molecule has 3 atom stereocenters. The molecule has 0 radical (unpaired) electrons. The van der Waals surface area contributed by atoms with Gasteiger partial charge in [0.05, 0.1) is 11.0 Å². The Balaban J connectivity index is 1.37. The number of nitrogens with one attached hydrogen (secondary N) is 1. The van der Waals surface area contributed by atoms with Crippen LogP contribution < -0.4 is 5.32 Å². The van der Waals surface area contributed by atoms with Gasteiger partial charge in [0, 0.05) is 43.6 Å². The van der Waals surface area contributed by atoms with Crippen molar-refractivity contribution in [1.82, 2.24) is 15.1 Å². The number of likely N-dealkylation sites (tertiary alicyclic amines) is 2. The predicted molar refractivity (Wildman–Crippen MR) is 110 cm³/mol. The summed E-state index contributed by atoms with van der Waals surface area (Å²) in [4.78, 5) is 38.7. The fourth-order valence-corrected chi connectivity index (χ4v) is 4.27. The second-order valence-corrected chi connectivity index (χ2v) is 8.39. The molecule has 2 aliphatic rings. The number of thiol groups is 1. The highest BCUT2D eigenvalue weighted by Crippen LogP contribution is 2.24. The van der Waals surface area contributed by atoms with Gasteiger partial charge in [0.2, 0.25) is 5.91 Å². The normalized spacial score (nSPS) is 24.5. The molecule has 0 spiro atoms. The number of carbonyl (C=O) groups is 2. The first-order valence-electron chi connectivity index (χ1n) is 9.64. The average Bonchev–Trinajstić information content (AvgIpc) is 3.30. The summed E-state index contributed by atoms with van der Waals surface area (Å²) >= 11 is 4.48. The molecule has 0 aromatic heterocycles. The Labute approximate surface area is 174 Å². The summed E-state index contributed by atoms with van der Waals surface area (Å²) in [7, 11) is 1.95. The maximum Gasteiger partial charge on any atom is 0.407 e. The first-order valence-corrected chi connectivity index (χ1v) is 10.2. The molecule has 1 aromatic rings. The zero-order valence-electron chi connectivity index (χ0n) is 16.3. The molecular formula is C19H26N4O5S. The lowest BCUT2D eigenvalue weighted by atomic mass is 10.1. The van der Waals surface area contributed by atoms with E-state index >= 15 is 0 Å². The molecule has 9 nitrogen and oxygen atoms in total. The van der Waals surface area contributed by atoms with Gasteiger partial charge in [-0.3, -0.25) is 19.8 Å². The Hall–Kier alpha value is -2.33. The summed E-state index contributed by atoms with van der Waals surface area (Å²) in [5.41, 5.74) is 0.666. The molecule has 0 saturated carbocycles. The van der Waals surface area contributed by atoms with Crippen LogP contribution >= 0.6 is 12.6 Å². The van der Waals surface area contributed by atoms with Crippen LogP contribution in [-0.4, -0.2) is 71.2 Å². The molecule has 2 heterocycles. The number of nitro groups is 1. The van der Waals surface area contributed by atoms with E-state index in [-0.39, 0.29) is 35.4 Å². The molecule has 0 bridgehead atoms. The van der Waals surface area contributed by atoms with Crippen LogP contribution in [0.15, 0.2) is 24.3 Å². The summed E-state index contributed by atoms with van der Waals surface area (Å²) in [6.07, 6.45) is 1.07. The summed E-state index contributed by atoms with van der Waals surface area (Å²) in [6.45, 7) is 2.63. The van der Waals surface area contributed by atoms with Crippen LogP contribution in [0.5, 0.6) is 0 Å². The highest BCUT2D eigenvalue weighted by molar-refractivity contribution is 7.81. The monoisotopic (exact) mass is 422 g/mol. The highest BCUT2D eigenvalue weighted by Gasteiger charge is 2.37. The minimum absolute atomic E-state index is 0.00720. The Bertz CT molecular complexity index is 759. The maximum atomic E-state index is 12.7. The van der Waals surface area contributed by atoms with Crippen LogP contribution in [0.2, 0.25) is 0 Å². The number of alkyl carbamates (subject to hydrolysis) is 1. The van der Waals surface area contributed by atoms with Crippen molar-refractivity contribution in [2.75, 3.05) is 33.2 Å². The minimum Gasteiger partial charge on any atom is -0.445 e. The lowest BCUT2D eigenvalue weighted by molar-refractivity contribution is -0.384. The molecule has 158 valence electrons. The van der Waals surface area contributed by atoms with E-state index in [1.54, 1.807) is 12.1 Å². The summed E-state index contributed by atoms with van der Waals surface area (Å²) in [6, 6.07) is 5.76. The molecule has 0 unspecified atom stereocenters. The lowest BCUT2D eigenvalue weighted by Gasteiger charge is -2.25. The van der Waals surface area contributed by atoms with E-state index in [2.05, 4.69) is 22.8 Å². The van der Waals surface area contributed by atoms with Crippen LogP contribution in [-0.2, 0) is 16.1 Å². The number of amides is 2. The van der Waals surface area contributed by atoms with Gasteiger partial charge in [-0.2, -0.15) is 12.6 Å². The van der Waals surface area contributed by atoms with Crippen LogP contribution in [0, 0.1) is 16.0 Å². The van der Waals surface area contributed by atoms with E-state index in [4.69, 9.17) is 4.74 Å². The Morgan fingerprint density at radius 2 is 2.03 bits per heavy atom. The van der Waals surface area contributed by atoms with E-state index < -0.39 is 11.0 Å². The van der Waals surface area contributed by atoms with Crippen molar-refractivity contribution < 1.29 is 19.2 Å². The summed E-state index contributed by atoms with van der Waals surface area (Å²) in [5.74, 6) is 0.344. The van der Waals surface area contributed by atoms with Crippen molar-refractivity contribution >= 4 is 30.3 Å². The van der Waals surface area contributed by atoms with Gasteiger partial charge in [0.25, 0.3) is 5.69 Å². The second-order valence-electron chi connectivity index (χ2n) is 7.66. The number of hydrogen-bond donors (Lipinski definition) is 2. The van der Waals surface area contributed by atoms with Crippen LogP contribution in [0.3, 0.4) is 0 Å². The molecule has 3 rings (SSSR count). The van der Waals surface area contributed by atoms with Crippen molar-refractivity contribution in [2.45, 2.75) is 30.7 Å². The van der Waals surface area contributed by atoms with Gasteiger partial charge in [0.1, 0.15) is 6.61 Å². The zero-order chi connectivity index (χ0) is 21.0. The van der Waals surface area contributed by atoms with Crippen molar-refractivity contribution in [2.24, 2.45) is 5.92 Å². The lowest BCUT2D eigenvalue weighted by Crippen LogP contribution is -2.43. The topological polar surface area (TPSA) is 105 Å². The molecule has 2 aliphatic heterocycles. The third-order valence-electron chi connectivity index (χ3n) is 5.46. The van der Waals surface area contributed by atoms with Crippen molar-refractivity contribution in [3.05, 3.63) is 39.9 Å². The van der Waals surface area contributed by atoms with Gasteiger partial charge in [0.15, 0.2) is 0 Å². The van der Waals surface area contributed by atoms with Crippen molar-refractivity contribution in [3.8, 4) is 0 Å². The Morgan fingerprint density at radius 1 is 1.31 bits per heavy atom. The molecule has 29 heavy (non-hydrogen) atoms. The molecule has 2 amide bonds. The van der Waals surface area contributed by atoms with Gasteiger partial charge < -0.3 is 15.0 Å². The number of carbonyl (C=O) groups excluding carboxylic acids is 2. The standard InChI is InChI=1S/C19H26N4O5S/c1-21-11-16(29)8-17(21)18(24)22-7-6-14(10-22)9-20-19(25)28-12-13-2-4-15(5-3-13)23(26)27/h2-5,14,16-17,29H,6-12H2,1H3,(H,20,25)/t14-,16+,17+/m1/s1. The predicted octanol–water partition coefficient (Wildman–Crippen LogP) is 1.67. The first kappa shape index (κ1) is 21.4. The van der Waals surface area contributed by atoms with E-state index in [0.717, 1.165) is 19.4 Å².